The summed E-state index contributed by atoms with van der Waals surface area (Å²) >= 11 is 6.21. The molecule has 0 aliphatic carbocycles. The molecule has 1 aromatic rings. The lowest BCUT2D eigenvalue weighted by Crippen LogP contribution is -2.43. The SMILES string of the molecule is CC(C)n1ncc(Cl)c1C(=O)C(C)(C)C1CCCNC1. The van der Waals surface area contributed by atoms with Crippen LogP contribution in [0.3, 0.4) is 0 Å². The zero-order valence-corrected chi connectivity index (χ0v) is 13.5. The zero-order valence-electron chi connectivity index (χ0n) is 12.7. The molecule has 1 aliphatic heterocycles. The van der Waals surface area contributed by atoms with E-state index < -0.39 is 5.41 Å². The van der Waals surface area contributed by atoms with Gasteiger partial charge >= 0.3 is 0 Å². The Balaban J connectivity index is 2.32. The van der Waals surface area contributed by atoms with Crippen LogP contribution >= 0.6 is 11.6 Å². The van der Waals surface area contributed by atoms with Crippen LogP contribution in [0.15, 0.2) is 6.20 Å². The van der Waals surface area contributed by atoms with Crippen LogP contribution in [-0.2, 0) is 0 Å². The second-order valence-corrected chi connectivity index (χ2v) is 6.88. The third kappa shape index (κ3) is 2.77. The zero-order chi connectivity index (χ0) is 14.9. The summed E-state index contributed by atoms with van der Waals surface area (Å²) < 4.78 is 1.74. The van der Waals surface area contributed by atoms with Crippen LogP contribution in [0.2, 0.25) is 5.02 Å². The normalized spacial score (nSPS) is 20.4. The quantitative estimate of drug-likeness (QED) is 0.867. The molecule has 5 heteroatoms. The fourth-order valence-corrected chi connectivity index (χ4v) is 3.12. The molecule has 0 bridgehead atoms. The monoisotopic (exact) mass is 297 g/mol. The Morgan fingerprint density at radius 2 is 2.25 bits per heavy atom. The maximum absolute atomic E-state index is 13.0. The number of ketones is 1. The van der Waals surface area contributed by atoms with Gasteiger partial charge in [-0.3, -0.25) is 9.48 Å². The minimum Gasteiger partial charge on any atom is -0.316 e. The molecule has 0 radical (unpaired) electrons. The lowest BCUT2D eigenvalue weighted by atomic mass is 9.71. The largest absolute Gasteiger partial charge is 0.316 e. The summed E-state index contributed by atoms with van der Waals surface area (Å²) in [7, 11) is 0. The Bertz CT molecular complexity index is 487. The number of nitrogens with zero attached hydrogens (tertiary/aromatic N) is 2. The number of carbonyl (C=O) groups is 1. The summed E-state index contributed by atoms with van der Waals surface area (Å²) in [6.07, 6.45) is 3.78. The smallest absolute Gasteiger partial charge is 0.188 e. The topological polar surface area (TPSA) is 46.9 Å². The molecule has 0 amide bonds. The Morgan fingerprint density at radius 3 is 2.80 bits per heavy atom. The van der Waals surface area contributed by atoms with Gasteiger partial charge in [0.1, 0.15) is 5.69 Å². The van der Waals surface area contributed by atoms with Gasteiger partial charge in [0.05, 0.1) is 11.2 Å². The second kappa shape index (κ2) is 5.86. The van der Waals surface area contributed by atoms with Gasteiger partial charge in [-0.2, -0.15) is 5.10 Å². The van der Waals surface area contributed by atoms with Crippen molar-refractivity contribution in [3.8, 4) is 0 Å². The summed E-state index contributed by atoms with van der Waals surface area (Å²) in [5.74, 6) is 0.442. The average Bonchev–Trinajstić information content (AvgIpc) is 2.80. The Hall–Kier alpha value is -0.870. The van der Waals surface area contributed by atoms with E-state index in [1.807, 2.05) is 27.7 Å². The highest BCUT2D eigenvalue weighted by molar-refractivity contribution is 6.33. The average molecular weight is 298 g/mol. The highest BCUT2D eigenvalue weighted by Crippen LogP contribution is 2.37. The van der Waals surface area contributed by atoms with Gasteiger partial charge in [-0.1, -0.05) is 25.4 Å². The first-order chi connectivity index (χ1) is 9.35. The maximum Gasteiger partial charge on any atom is 0.188 e. The summed E-state index contributed by atoms with van der Waals surface area (Å²) in [5.41, 5.74) is 0.126. The molecule has 1 saturated heterocycles. The molecule has 1 N–H and O–H groups in total. The molecule has 1 atom stereocenters. The number of nitrogens with one attached hydrogen (secondary N) is 1. The van der Waals surface area contributed by atoms with Gasteiger partial charge < -0.3 is 5.32 Å². The molecular weight excluding hydrogens is 274 g/mol. The Kier molecular flexibility index (Phi) is 4.55. The summed E-state index contributed by atoms with van der Waals surface area (Å²) in [5, 5.41) is 8.09. The number of carbonyl (C=O) groups excluding carboxylic acids is 1. The van der Waals surface area contributed by atoms with Crippen molar-refractivity contribution < 1.29 is 4.79 Å². The van der Waals surface area contributed by atoms with Crippen LogP contribution in [0.4, 0.5) is 0 Å². The molecule has 20 heavy (non-hydrogen) atoms. The highest BCUT2D eigenvalue weighted by atomic mass is 35.5. The van der Waals surface area contributed by atoms with Gasteiger partial charge in [0, 0.05) is 11.5 Å². The van der Waals surface area contributed by atoms with Gasteiger partial charge in [0.15, 0.2) is 5.78 Å². The van der Waals surface area contributed by atoms with Crippen molar-refractivity contribution >= 4 is 17.4 Å². The van der Waals surface area contributed by atoms with E-state index in [4.69, 9.17) is 11.6 Å². The summed E-state index contributed by atoms with van der Waals surface area (Å²) in [4.78, 5) is 13.0. The summed E-state index contributed by atoms with van der Waals surface area (Å²) in [6, 6.07) is 0.127. The van der Waals surface area contributed by atoms with E-state index in [1.54, 1.807) is 10.9 Å². The van der Waals surface area contributed by atoms with Gasteiger partial charge in [-0.05, 0) is 45.7 Å². The van der Waals surface area contributed by atoms with E-state index >= 15 is 0 Å². The van der Waals surface area contributed by atoms with Crippen molar-refractivity contribution in [2.75, 3.05) is 13.1 Å². The van der Waals surface area contributed by atoms with Crippen LogP contribution < -0.4 is 5.32 Å². The minimum absolute atomic E-state index is 0.0994. The number of rotatable bonds is 4. The van der Waals surface area contributed by atoms with Crippen molar-refractivity contribution in [2.45, 2.75) is 46.6 Å². The molecule has 1 aromatic heterocycles. The van der Waals surface area contributed by atoms with Gasteiger partial charge in [0.25, 0.3) is 0 Å². The number of hydrogen-bond acceptors (Lipinski definition) is 3. The molecule has 4 nitrogen and oxygen atoms in total. The minimum atomic E-state index is -0.427. The Morgan fingerprint density at radius 1 is 1.55 bits per heavy atom. The molecule has 0 aromatic carbocycles. The van der Waals surface area contributed by atoms with Crippen LogP contribution in [0, 0.1) is 11.3 Å². The van der Waals surface area contributed by atoms with Crippen molar-refractivity contribution in [3.63, 3.8) is 0 Å². The van der Waals surface area contributed by atoms with Crippen LogP contribution in [0.1, 0.15) is 57.1 Å². The lowest BCUT2D eigenvalue weighted by Gasteiger charge is -2.36. The molecule has 2 heterocycles. The predicted molar refractivity (Wildman–Crippen MR) is 81.3 cm³/mol. The third-order valence-electron chi connectivity index (χ3n) is 4.36. The molecule has 1 unspecified atom stereocenters. The van der Waals surface area contributed by atoms with Gasteiger partial charge in [0.2, 0.25) is 0 Å². The fraction of sp³-hybridized carbons (Fsp3) is 0.733. The molecule has 0 spiro atoms. The molecule has 1 fully saturated rings. The number of piperidine rings is 1. The van der Waals surface area contributed by atoms with Crippen LogP contribution in [-0.4, -0.2) is 28.7 Å². The van der Waals surface area contributed by atoms with E-state index in [0.29, 0.717) is 16.6 Å². The number of halogens is 1. The standard InChI is InChI=1S/C15H24ClN3O/c1-10(2)19-13(12(16)9-18-19)14(20)15(3,4)11-6-5-7-17-8-11/h9-11,17H,5-8H2,1-4H3. The first-order valence-corrected chi connectivity index (χ1v) is 7.72. The van der Waals surface area contributed by atoms with Crippen molar-refractivity contribution in [1.29, 1.82) is 0 Å². The summed E-state index contributed by atoms with van der Waals surface area (Å²) in [6.45, 7) is 10.0. The first kappa shape index (κ1) is 15.5. The highest BCUT2D eigenvalue weighted by Gasteiger charge is 2.40. The number of aromatic nitrogens is 2. The van der Waals surface area contributed by atoms with Crippen molar-refractivity contribution in [3.05, 3.63) is 16.9 Å². The van der Waals surface area contributed by atoms with Crippen molar-refractivity contribution in [2.24, 2.45) is 11.3 Å². The molecule has 1 aliphatic rings. The van der Waals surface area contributed by atoms with Gasteiger partial charge in [-0.25, -0.2) is 0 Å². The van der Waals surface area contributed by atoms with E-state index in [9.17, 15) is 4.79 Å². The van der Waals surface area contributed by atoms with E-state index in [2.05, 4.69) is 10.4 Å². The first-order valence-electron chi connectivity index (χ1n) is 7.34. The predicted octanol–water partition coefficient (Wildman–Crippen LogP) is 3.33. The number of hydrogen-bond donors (Lipinski definition) is 1. The van der Waals surface area contributed by atoms with E-state index in [0.717, 1.165) is 25.9 Å². The third-order valence-corrected chi connectivity index (χ3v) is 4.63. The van der Waals surface area contributed by atoms with Crippen LogP contribution in [0.5, 0.6) is 0 Å². The van der Waals surface area contributed by atoms with Crippen molar-refractivity contribution in [1.82, 2.24) is 15.1 Å². The van der Waals surface area contributed by atoms with Gasteiger partial charge in [-0.15, -0.1) is 0 Å². The molecule has 2 rings (SSSR count). The second-order valence-electron chi connectivity index (χ2n) is 6.47. The molecule has 112 valence electrons. The Labute approximate surface area is 125 Å². The molecule has 0 saturated carbocycles. The van der Waals surface area contributed by atoms with Crippen LogP contribution in [0.25, 0.3) is 0 Å². The van der Waals surface area contributed by atoms with E-state index in [1.165, 1.54) is 0 Å². The number of Topliss-reactive ketones (excluding diaryl/α,β-unsaturated/α-hetero) is 1. The van der Waals surface area contributed by atoms with E-state index in [-0.39, 0.29) is 11.8 Å². The molecular formula is C15H24ClN3O. The fourth-order valence-electron chi connectivity index (χ4n) is 2.90. The lowest BCUT2D eigenvalue weighted by molar-refractivity contribution is 0.0694. The maximum atomic E-state index is 13.0.